The zero-order valence-electron chi connectivity index (χ0n) is 13.2. The third kappa shape index (κ3) is 3.47. The number of hydrogen-bond donors (Lipinski definition) is 0. The van der Waals surface area contributed by atoms with Crippen molar-refractivity contribution in [3.63, 3.8) is 0 Å². The van der Waals surface area contributed by atoms with Crippen molar-refractivity contribution in [2.24, 2.45) is 0 Å². The molecule has 0 saturated carbocycles. The van der Waals surface area contributed by atoms with E-state index in [1.165, 1.54) is 6.07 Å². The second-order valence-corrected chi connectivity index (χ2v) is 6.30. The van der Waals surface area contributed by atoms with Crippen molar-refractivity contribution in [1.29, 1.82) is 0 Å². The highest BCUT2D eigenvalue weighted by molar-refractivity contribution is 5.81. The average Bonchev–Trinajstić information content (AvgIpc) is 2.98. The quantitative estimate of drug-likeness (QED) is 0.858. The zero-order chi connectivity index (χ0) is 16.4. The molecule has 2 saturated heterocycles. The molecule has 1 aromatic carbocycles. The van der Waals surface area contributed by atoms with E-state index in [0.29, 0.717) is 13.1 Å². The van der Waals surface area contributed by atoms with Crippen LogP contribution in [0.15, 0.2) is 18.2 Å². The fourth-order valence-electron chi connectivity index (χ4n) is 3.35. The van der Waals surface area contributed by atoms with Gasteiger partial charge in [0.25, 0.3) is 5.91 Å². The number of rotatable bonds is 3. The monoisotopic (exact) mass is 325 g/mol. The van der Waals surface area contributed by atoms with Gasteiger partial charge in [0.2, 0.25) is 0 Å². The van der Waals surface area contributed by atoms with Gasteiger partial charge in [0.15, 0.2) is 17.7 Å². The highest BCUT2D eigenvalue weighted by Crippen LogP contribution is 2.35. The van der Waals surface area contributed by atoms with Crippen LogP contribution in [0.3, 0.4) is 0 Å². The van der Waals surface area contributed by atoms with Gasteiger partial charge in [-0.1, -0.05) is 0 Å². The normalized spacial score (nSPS) is 21.4. The first kappa shape index (κ1) is 16.2. The van der Waals surface area contributed by atoms with E-state index in [-0.39, 0.29) is 17.3 Å². The molecule has 23 heavy (non-hydrogen) atoms. The fourth-order valence-corrected chi connectivity index (χ4v) is 3.35. The Morgan fingerprint density at radius 1 is 1.30 bits per heavy atom. The molecule has 2 aliphatic rings. The van der Waals surface area contributed by atoms with Crippen LogP contribution in [0.4, 0.5) is 8.78 Å². The molecule has 2 aliphatic heterocycles. The average molecular weight is 325 g/mol. The number of carbonyl (C=O) groups excluding carboxylic acids is 1. The van der Waals surface area contributed by atoms with Crippen molar-refractivity contribution in [2.75, 3.05) is 19.7 Å². The Bertz CT molecular complexity index is 577. The smallest absolute Gasteiger partial charge is 0.263 e. The van der Waals surface area contributed by atoms with E-state index in [0.717, 1.165) is 44.4 Å². The minimum Gasteiger partial charge on any atom is -0.478 e. The van der Waals surface area contributed by atoms with Crippen LogP contribution in [0.1, 0.15) is 32.6 Å². The van der Waals surface area contributed by atoms with E-state index < -0.39 is 17.7 Å². The van der Waals surface area contributed by atoms with E-state index in [1.54, 1.807) is 11.8 Å². The lowest BCUT2D eigenvalue weighted by molar-refractivity contribution is -0.142. The van der Waals surface area contributed by atoms with Crippen molar-refractivity contribution < 1.29 is 23.0 Å². The molecule has 2 heterocycles. The predicted octanol–water partition coefficient (Wildman–Crippen LogP) is 2.90. The molecule has 0 unspecified atom stereocenters. The van der Waals surface area contributed by atoms with Crippen molar-refractivity contribution >= 4 is 5.91 Å². The maximum atomic E-state index is 13.6. The Morgan fingerprint density at radius 2 is 2.04 bits per heavy atom. The van der Waals surface area contributed by atoms with Crippen molar-refractivity contribution in [2.45, 2.75) is 44.3 Å². The van der Waals surface area contributed by atoms with Crippen LogP contribution >= 0.6 is 0 Å². The Kier molecular flexibility index (Phi) is 4.53. The summed E-state index contributed by atoms with van der Waals surface area (Å²) in [5.74, 6) is -1.77. The number of carbonyl (C=O) groups is 1. The van der Waals surface area contributed by atoms with Crippen LogP contribution in [-0.2, 0) is 9.53 Å². The molecule has 126 valence electrons. The molecule has 2 fully saturated rings. The first-order valence-electron chi connectivity index (χ1n) is 8.04. The third-order valence-electron chi connectivity index (χ3n) is 4.72. The van der Waals surface area contributed by atoms with Gasteiger partial charge in [-0.05, 0) is 44.7 Å². The highest BCUT2D eigenvalue weighted by Gasteiger charge is 2.40. The molecule has 0 aromatic heterocycles. The van der Waals surface area contributed by atoms with Crippen LogP contribution in [0.25, 0.3) is 0 Å². The number of hydrogen-bond acceptors (Lipinski definition) is 3. The summed E-state index contributed by atoms with van der Waals surface area (Å²) in [7, 11) is 0. The Morgan fingerprint density at radius 3 is 2.65 bits per heavy atom. The van der Waals surface area contributed by atoms with Crippen LogP contribution in [0, 0.1) is 11.6 Å². The molecule has 1 amide bonds. The standard InChI is InChI=1S/C17H21F2NO3/c1-12(23-15-4-3-13(18)11-14(15)19)16(21)20-8-6-17(7-9-20)5-2-10-22-17/h3-4,11-12H,2,5-10H2,1H3/t12-/m0/s1. The maximum absolute atomic E-state index is 13.6. The molecule has 0 aliphatic carbocycles. The number of benzene rings is 1. The molecular weight excluding hydrogens is 304 g/mol. The van der Waals surface area contributed by atoms with Gasteiger partial charge in [-0.2, -0.15) is 0 Å². The zero-order valence-corrected chi connectivity index (χ0v) is 13.2. The molecule has 3 rings (SSSR count). The van der Waals surface area contributed by atoms with Gasteiger partial charge in [-0.3, -0.25) is 4.79 Å². The molecular formula is C17H21F2NO3. The van der Waals surface area contributed by atoms with Crippen molar-refractivity contribution in [3.05, 3.63) is 29.8 Å². The van der Waals surface area contributed by atoms with Gasteiger partial charge in [-0.15, -0.1) is 0 Å². The number of likely N-dealkylation sites (tertiary alicyclic amines) is 1. The van der Waals surface area contributed by atoms with Crippen LogP contribution in [0.2, 0.25) is 0 Å². The predicted molar refractivity (Wildman–Crippen MR) is 80.2 cm³/mol. The Labute approximate surface area is 134 Å². The molecule has 1 atom stereocenters. The summed E-state index contributed by atoms with van der Waals surface area (Å²) in [6.07, 6.45) is 2.99. The fraction of sp³-hybridized carbons (Fsp3) is 0.588. The topological polar surface area (TPSA) is 38.8 Å². The summed E-state index contributed by atoms with van der Waals surface area (Å²) in [6.45, 7) is 3.63. The number of piperidine rings is 1. The van der Waals surface area contributed by atoms with E-state index in [2.05, 4.69) is 0 Å². The van der Waals surface area contributed by atoms with Crippen LogP contribution < -0.4 is 4.74 Å². The molecule has 1 aromatic rings. The largest absolute Gasteiger partial charge is 0.478 e. The summed E-state index contributed by atoms with van der Waals surface area (Å²) >= 11 is 0. The van der Waals surface area contributed by atoms with Crippen LogP contribution in [0.5, 0.6) is 5.75 Å². The first-order valence-corrected chi connectivity index (χ1v) is 8.04. The second kappa shape index (κ2) is 6.43. The van der Waals surface area contributed by atoms with Gasteiger partial charge in [0, 0.05) is 25.8 Å². The molecule has 4 nitrogen and oxygen atoms in total. The molecule has 0 N–H and O–H groups in total. The van der Waals surface area contributed by atoms with Crippen LogP contribution in [-0.4, -0.2) is 42.2 Å². The van der Waals surface area contributed by atoms with E-state index >= 15 is 0 Å². The number of ether oxygens (including phenoxy) is 2. The summed E-state index contributed by atoms with van der Waals surface area (Å²) < 4.78 is 37.7. The summed E-state index contributed by atoms with van der Waals surface area (Å²) in [5, 5.41) is 0. The first-order chi connectivity index (χ1) is 11.0. The summed E-state index contributed by atoms with van der Waals surface area (Å²) in [4.78, 5) is 14.2. The lowest BCUT2D eigenvalue weighted by Crippen LogP contribution is -2.49. The minimum absolute atomic E-state index is 0.0516. The number of halogens is 2. The van der Waals surface area contributed by atoms with E-state index in [9.17, 15) is 13.6 Å². The lowest BCUT2D eigenvalue weighted by atomic mass is 9.88. The SMILES string of the molecule is C[C@H](Oc1ccc(F)cc1F)C(=O)N1CCC2(CCCO2)CC1. The lowest BCUT2D eigenvalue weighted by Gasteiger charge is -2.39. The maximum Gasteiger partial charge on any atom is 0.263 e. The van der Waals surface area contributed by atoms with Gasteiger partial charge in [0.05, 0.1) is 5.60 Å². The molecule has 0 radical (unpaired) electrons. The van der Waals surface area contributed by atoms with E-state index in [1.807, 2.05) is 0 Å². The highest BCUT2D eigenvalue weighted by atomic mass is 19.1. The summed E-state index contributed by atoms with van der Waals surface area (Å²) in [5.41, 5.74) is -0.0516. The Balaban J connectivity index is 1.57. The van der Waals surface area contributed by atoms with Gasteiger partial charge in [0.1, 0.15) is 5.82 Å². The molecule has 0 bridgehead atoms. The minimum atomic E-state index is -0.812. The third-order valence-corrected chi connectivity index (χ3v) is 4.72. The number of amides is 1. The molecule has 1 spiro atoms. The van der Waals surface area contributed by atoms with Gasteiger partial charge >= 0.3 is 0 Å². The van der Waals surface area contributed by atoms with Gasteiger partial charge in [-0.25, -0.2) is 8.78 Å². The number of nitrogens with zero attached hydrogens (tertiary/aromatic N) is 1. The second-order valence-electron chi connectivity index (χ2n) is 6.30. The van der Waals surface area contributed by atoms with Crippen molar-refractivity contribution in [3.8, 4) is 5.75 Å². The van der Waals surface area contributed by atoms with Crippen molar-refractivity contribution in [1.82, 2.24) is 4.90 Å². The van der Waals surface area contributed by atoms with Gasteiger partial charge < -0.3 is 14.4 Å². The summed E-state index contributed by atoms with van der Waals surface area (Å²) in [6, 6.07) is 3.05. The molecule has 6 heteroatoms. The van der Waals surface area contributed by atoms with E-state index in [4.69, 9.17) is 9.47 Å². The Hall–Kier alpha value is -1.69.